The summed E-state index contributed by atoms with van der Waals surface area (Å²) in [5.41, 5.74) is 2.96. The molecule has 0 aliphatic heterocycles. The molecule has 2 aromatic carbocycles. The molecule has 15 heavy (non-hydrogen) atoms. The fourth-order valence-corrected chi connectivity index (χ4v) is 1.82. The van der Waals surface area contributed by atoms with Gasteiger partial charge in [0.25, 0.3) is 0 Å². The number of aryl methyl sites for hydroxylation is 2. The van der Waals surface area contributed by atoms with Gasteiger partial charge in [0.2, 0.25) is 0 Å². The van der Waals surface area contributed by atoms with Crippen molar-refractivity contribution in [1.29, 1.82) is 0 Å². The molecule has 0 saturated carbocycles. The summed E-state index contributed by atoms with van der Waals surface area (Å²) in [5, 5.41) is 0. The monoisotopic (exact) mass is 240 g/mol. The van der Waals surface area contributed by atoms with Crippen molar-refractivity contribution in [1.82, 2.24) is 0 Å². The summed E-state index contributed by atoms with van der Waals surface area (Å²) in [6.07, 6.45) is 5.06. The molecule has 82 valence electrons. The van der Waals surface area contributed by atoms with E-state index in [0.29, 0.717) is 0 Å². The summed E-state index contributed by atoms with van der Waals surface area (Å²) in [5.74, 6) is 0. The van der Waals surface area contributed by atoms with E-state index in [1.165, 1.54) is 36.8 Å². The molecule has 1 heteroatoms. The van der Waals surface area contributed by atoms with Gasteiger partial charge in [-0.1, -0.05) is 25.7 Å². The van der Waals surface area contributed by atoms with Crippen LogP contribution in [-0.2, 0) is 29.9 Å². The minimum absolute atomic E-state index is 0. The fourth-order valence-electron chi connectivity index (χ4n) is 1.82. The molecular weight excluding hydrogens is 224 g/mol. The van der Waals surface area contributed by atoms with Crippen LogP contribution in [0, 0.1) is 0 Å². The van der Waals surface area contributed by atoms with Crippen LogP contribution in [0.5, 0.6) is 0 Å². The van der Waals surface area contributed by atoms with Crippen LogP contribution < -0.4 is 0 Å². The molecule has 0 radical (unpaired) electrons. The first-order valence-electron chi connectivity index (χ1n) is 5.36. The predicted octanol–water partition coefficient (Wildman–Crippen LogP) is 3.69. The maximum absolute atomic E-state index is 2.21. The molecular formula is C14H16Fe-2. The van der Waals surface area contributed by atoms with Crippen LogP contribution >= 0.6 is 0 Å². The second kappa shape index (κ2) is 6.66. The van der Waals surface area contributed by atoms with Gasteiger partial charge in [-0.2, -0.15) is 35.4 Å². The quantitative estimate of drug-likeness (QED) is 0.424. The Balaban J connectivity index is 0.00000112. The van der Waals surface area contributed by atoms with Crippen LogP contribution in [0.25, 0.3) is 0 Å². The Bertz CT molecular complexity index is 293. The largest absolute Gasteiger partial charge is 0.213 e. The summed E-state index contributed by atoms with van der Waals surface area (Å²) in [6.45, 7) is 0. The topological polar surface area (TPSA) is 0 Å². The van der Waals surface area contributed by atoms with Crippen molar-refractivity contribution in [2.24, 2.45) is 0 Å². The van der Waals surface area contributed by atoms with Gasteiger partial charge in [0, 0.05) is 17.1 Å². The molecule has 2 rings (SSSR count). The molecule has 0 fully saturated rings. The minimum Gasteiger partial charge on any atom is -0.213 e. The molecule has 0 unspecified atom stereocenters. The third-order valence-corrected chi connectivity index (χ3v) is 2.64. The van der Waals surface area contributed by atoms with Crippen LogP contribution in [0.1, 0.15) is 24.0 Å². The van der Waals surface area contributed by atoms with Crippen molar-refractivity contribution in [3.8, 4) is 0 Å². The van der Waals surface area contributed by atoms with Crippen molar-refractivity contribution >= 4 is 0 Å². The van der Waals surface area contributed by atoms with E-state index in [2.05, 4.69) is 48.5 Å². The van der Waals surface area contributed by atoms with Crippen LogP contribution in [0.4, 0.5) is 0 Å². The van der Waals surface area contributed by atoms with Gasteiger partial charge in [0.05, 0.1) is 0 Å². The molecule has 0 heterocycles. The Morgan fingerprint density at radius 2 is 0.933 bits per heavy atom. The SMILES string of the molecule is [Fe].c1cc[c-](CCCC[c-]2cccc2)c1. The Morgan fingerprint density at radius 3 is 1.27 bits per heavy atom. The zero-order chi connectivity index (χ0) is 9.64. The van der Waals surface area contributed by atoms with E-state index >= 15 is 0 Å². The van der Waals surface area contributed by atoms with E-state index in [-0.39, 0.29) is 17.1 Å². The second-order valence-electron chi connectivity index (χ2n) is 3.79. The van der Waals surface area contributed by atoms with E-state index in [4.69, 9.17) is 0 Å². The van der Waals surface area contributed by atoms with Gasteiger partial charge in [-0.05, 0) is 0 Å². The standard InChI is InChI=1S/C14H16.Fe/c1-2-8-13(7-1)11-5-6-12-14-9-3-4-10-14;/h1-4,7-10H,5-6,11-12H2;/q-2;. The van der Waals surface area contributed by atoms with E-state index in [1.807, 2.05) is 0 Å². The molecule has 0 bridgehead atoms. The van der Waals surface area contributed by atoms with Crippen LogP contribution in [-0.4, -0.2) is 0 Å². The first-order chi connectivity index (χ1) is 6.95. The third kappa shape index (κ3) is 4.07. The molecule has 0 aromatic heterocycles. The third-order valence-electron chi connectivity index (χ3n) is 2.64. The van der Waals surface area contributed by atoms with Crippen molar-refractivity contribution in [2.75, 3.05) is 0 Å². The maximum atomic E-state index is 2.21. The number of hydrogen-bond donors (Lipinski definition) is 0. The Hall–Kier alpha value is -0.781. The van der Waals surface area contributed by atoms with Gasteiger partial charge in [0.1, 0.15) is 0 Å². The van der Waals surface area contributed by atoms with Gasteiger partial charge in [-0.3, -0.25) is 0 Å². The van der Waals surface area contributed by atoms with E-state index in [9.17, 15) is 0 Å². The van der Waals surface area contributed by atoms with Crippen LogP contribution in [0.3, 0.4) is 0 Å². The molecule has 0 nitrogen and oxygen atoms in total. The summed E-state index contributed by atoms with van der Waals surface area (Å²) in [7, 11) is 0. The zero-order valence-electron chi connectivity index (χ0n) is 8.80. The molecule has 0 aliphatic carbocycles. The second-order valence-corrected chi connectivity index (χ2v) is 3.79. The van der Waals surface area contributed by atoms with Gasteiger partial charge >= 0.3 is 0 Å². The maximum Gasteiger partial charge on any atom is 0 e. The Kier molecular flexibility index (Phi) is 5.45. The molecule has 2 aromatic rings. The first kappa shape index (κ1) is 12.3. The normalized spacial score (nSPS) is 9.87. The fraction of sp³-hybridized carbons (Fsp3) is 0.286. The van der Waals surface area contributed by atoms with Gasteiger partial charge < -0.3 is 0 Å². The van der Waals surface area contributed by atoms with E-state index in [0.717, 1.165) is 0 Å². The van der Waals surface area contributed by atoms with E-state index in [1.54, 1.807) is 0 Å². The predicted molar refractivity (Wildman–Crippen MR) is 60.7 cm³/mol. The molecule has 0 aliphatic rings. The van der Waals surface area contributed by atoms with Gasteiger partial charge in [-0.15, -0.1) is 0 Å². The number of unbranched alkanes of at least 4 members (excludes halogenated alkanes) is 1. The van der Waals surface area contributed by atoms with Gasteiger partial charge in [-0.25, -0.2) is 24.3 Å². The van der Waals surface area contributed by atoms with Crippen molar-refractivity contribution < 1.29 is 17.1 Å². The smallest absolute Gasteiger partial charge is 0 e. The average Bonchev–Trinajstić information content (AvgIpc) is 2.86. The van der Waals surface area contributed by atoms with Gasteiger partial charge in [0.15, 0.2) is 0 Å². The van der Waals surface area contributed by atoms with Crippen molar-refractivity contribution in [3.63, 3.8) is 0 Å². The zero-order valence-corrected chi connectivity index (χ0v) is 9.90. The molecule has 0 saturated heterocycles. The molecule has 0 amide bonds. The summed E-state index contributed by atoms with van der Waals surface area (Å²) in [4.78, 5) is 0. The summed E-state index contributed by atoms with van der Waals surface area (Å²) in [6, 6.07) is 17.3. The average molecular weight is 240 g/mol. The molecule has 0 N–H and O–H groups in total. The minimum atomic E-state index is 0. The summed E-state index contributed by atoms with van der Waals surface area (Å²) < 4.78 is 0. The molecule has 0 spiro atoms. The van der Waals surface area contributed by atoms with Crippen LogP contribution in [0.15, 0.2) is 48.5 Å². The number of rotatable bonds is 5. The molecule has 0 atom stereocenters. The Labute approximate surface area is 103 Å². The number of hydrogen-bond acceptors (Lipinski definition) is 0. The van der Waals surface area contributed by atoms with Crippen molar-refractivity contribution in [3.05, 3.63) is 59.7 Å². The van der Waals surface area contributed by atoms with Crippen LogP contribution in [0.2, 0.25) is 0 Å². The van der Waals surface area contributed by atoms with Crippen molar-refractivity contribution in [2.45, 2.75) is 25.7 Å². The summed E-state index contributed by atoms with van der Waals surface area (Å²) >= 11 is 0. The Morgan fingerprint density at radius 1 is 0.600 bits per heavy atom. The van der Waals surface area contributed by atoms with E-state index < -0.39 is 0 Å². The first-order valence-corrected chi connectivity index (χ1v) is 5.36.